The molecule has 0 aromatic heterocycles. The molecule has 0 aliphatic carbocycles. The summed E-state index contributed by atoms with van der Waals surface area (Å²) in [5.41, 5.74) is 3.21. The molecule has 1 rings (SSSR count). The standard InChI is InChI=1S/C26H42O2/c1-21(27)19-25(3,4)17-11-9-15-23-13-7-8-14-24(23)16-10-12-18-26(5,6)20-22(2)28/h7-8,13-14H,9-12,15-20H2,1-6H3. The highest BCUT2D eigenvalue weighted by Crippen LogP contribution is 2.29. The van der Waals surface area contributed by atoms with E-state index in [1.54, 1.807) is 13.8 Å². The Labute approximate surface area is 173 Å². The lowest BCUT2D eigenvalue weighted by Crippen LogP contribution is -2.15. The molecule has 0 spiro atoms. The van der Waals surface area contributed by atoms with E-state index < -0.39 is 0 Å². The van der Waals surface area contributed by atoms with Crippen molar-refractivity contribution in [3.63, 3.8) is 0 Å². The predicted molar refractivity (Wildman–Crippen MR) is 120 cm³/mol. The molecule has 0 aliphatic heterocycles. The number of ketones is 2. The van der Waals surface area contributed by atoms with Crippen molar-refractivity contribution in [2.45, 2.75) is 106 Å². The SMILES string of the molecule is CC(=O)CC(C)(C)CCCCc1ccccc1CCCCC(C)(C)CC(C)=O. The number of aryl methyl sites for hydroxylation is 2. The van der Waals surface area contributed by atoms with E-state index in [-0.39, 0.29) is 10.8 Å². The highest BCUT2D eigenvalue weighted by Gasteiger charge is 2.20. The second kappa shape index (κ2) is 11.5. The Bertz CT molecular complexity index is 570. The molecule has 0 amide bonds. The predicted octanol–water partition coefficient (Wildman–Crippen LogP) is 7.12. The number of carbonyl (C=O) groups excluding carboxylic acids is 2. The maximum Gasteiger partial charge on any atom is 0.130 e. The van der Waals surface area contributed by atoms with Crippen LogP contribution in [0.2, 0.25) is 0 Å². The minimum Gasteiger partial charge on any atom is -0.300 e. The molecule has 0 bridgehead atoms. The Hall–Kier alpha value is -1.44. The van der Waals surface area contributed by atoms with Crippen LogP contribution in [0.1, 0.15) is 104 Å². The molecule has 2 nitrogen and oxygen atoms in total. The topological polar surface area (TPSA) is 34.1 Å². The molecule has 1 aromatic carbocycles. The van der Waals surface area contributed by atoms with Crippen LogP contribution in [0.4, 0.5) is 0 Å². The number of Topliss-reactive ketones (excluding diaryl/α,β-unsaturated/α-hetero) is 2. The Kier molecular flexibility index (Phi) is 10.1. The van der Waals surface area contributed by atoms with Gasteiger partial charge in [-0.2, -0.15) is 0 Å². The highest BCUT2D eigenvalue weighted by atomic mass is 16.1. The van der Waals surface area contributed by atoms with Gasteiger partial charge >= 0.3 is 0 Å². The monoisotopic (exact) mass is 386 g/mol. The first-order valence-electron chi connectivity index (χ1n) is 11.1. The van der Waals surface area contributed by atoms with E-state index in [0.29, 0.717) is 24.4 Å². The van der Waals surface area contributed by atoms with E-state index in [1.165, 1.54) is 36.8 Å². The molecule has 158 valence electrons. The summed E-state index contributed by atoms with van der Waals surface area (Å²) in [4.78, 5) is 22.8. The first-order chi connectivity index (χ1) is 13.0. The number of unbranched alkanes of at least 4 members (excludes halogenated alkanes) is 2. The summed E-state index contributed by atoms with van der Waals surface area (Å²) < 4.78 is 0. The lowest BCUT2D eigenvalue weighted by atomic mass is 9.81. The normalized spacial score (nSPS) is 12.2. The molecule has 0 heterocycles. The van der Waals surface area contributed by atoms with Crippen molar-refractivity contribution in [3.05, 3.63) is 35.4 Å². The van der Waals surface area contributed by atoms with Gasteiger partial charge < -0.3 is 9.59 Å². The third-order valence-electron chi connectivity index (χ3n) is 5.67. The molecule has 0 saturated heterocycles. The zero-order valence-corrected chi connectivity index (χ0v) is 19.2. The van der Waals surface area contributed by atoms with Gasteiger partial charge in [0.2, 0.25) is 0 Å². The van der Waals surface area contributed by atoms with Gasteiger partial charge in [-0.15, -0.1) is 0 Å². The smallest absolute Gasteiger partial charge is 0.130 e. The summed E-state index contributed by atoms with van der Waals surface area (Å²) in [5, 5.41) is 0. The van der Waals surface area contributed by atoms with E-state index in [1.807, 2.05) is 0 Å². The van der Waals surface area contributed by atoms with Gasteiger partial charge in [-0.25, -0.2) is 0 Å². The lowest BCUT2D eigenvalue weighted by molar-refractivity contribution is -0.119. The van der Waals surface area contributed by atoms with Gasteiger partial charge in [0, 0.05) is 12.8 Å². The molecular formula is C26H42O2. The van der Waals surface area contributed by atoms with Crippen LogP contribution in [0.5, 0.6) is 0 Å². The number of hydrogen-bond acceptors (Lipinski definition) is 2. The fourth-order valence-electron chi connectivity index (χ4n) is 4.41. The van der Waals surface area contributed by atoms with E-state index in [0.717, 1.165) is 25.7 Å². The van der Waals surface area contributed by atoms with E-state index in [9.17, 15) is 9.59 Å². The number of rotatable bonds is 14. The maximum absolute atomic E-state index is 11.4. The largest absolute Gasteiger partial charge is 0.300 e. The van der Waals surface area contributed by atoms with Crippen LogP contribution < -0.4 is 0 Å². The van der Waals surface area contributed by atoms with Crippen molar-refractivity contribution in [2.75, 3.05) is 0 Å². The summed E-state index contributed by atoms with van der Waals surface area (Å²) in [7, 11) is 0. The average molecular weight is 387 g/mol. The number of hydrogen-bond donors (Lipinski definition) is 0. The first kappa shape index (κ1) is 24.6. The van der Waals surface area contributed by atoms with E-state index in [2.05, 4.69) is 52.0 Å². The van der Waals surface area contributed by atoms with E-state index >= 15 is 0 Å². The fourth-order valence-corrected chi connectivity index (χ4v) is 4.41. The Morgan fingerprint density at radius 3 is 1.36 bits per heavy atom. The fraction of sp³-hybridized carbons (Fsp3) is 0.692. The van der Waals surface area contributed by atoms with Crippen molar-refractivity contribution in [3.8, 4) is 0 Å². The van der Waals surface area contributed by atoms with Gasteiger partial charge in [0.1, 0.15) is 11.6 Å². The molecule has 0 N–H and O–H groups in total. The van der Waals surface area contributed by atoms with Gasteiger partial charge in [0.15, 0.2) is 0 Å². The van der Waals surface area contributed by atoms with Crippen molar-refractivity contribution in [1.29, 1.82) is 0 Å². The minimum absolute atomic E-state index is 0.123. The Balaban J connectivity index is 2.42. The van der Waals surface area contributed by atoms with Crippen LogP contribution in [-0.4, -0.2) is 11.6 Å². The van der Waals surface area contributed by atoms with Gasteiger partial charge in [0.05, 0.1) is 0 Å². The molecule has 0 fully saturated rings. The van der Waals surface area contributed by atoms with Crippen LogP contribution in [0, 0.1) is 10.8 Å². The van der Waals surface area contributed by atoms with Gasteiger partial charge in [-0.3, -0.25) is 0 Å². The minimum atomic E-state index is 0.123. The summed E-state index contributed by atoms with van der Waals surface area (Å²) >= 11 is 0. The maximum atomic E-state index is 11.4. The summed E-state index contributed by atoms with van der Waals surface area (Å²) in [6.45, 7) is 12.2. The molecule has 28 heavy (non-hydrogen) atoms. The molecule has 0 saturated carbocycles. The summed E-state index contributed by atoms with van der Waals surface area (Å²) in [6.07, 6.45) is 10.6. The van der Waals surface area contributed by atoms with Crippen LogP contribution in [0.25, 0.3) is 0 Å². The van der Waals surface area contributed by atoms with Crippen LogP contribution in [0.15, 0.2) is 24.3 Å². The highest BCUT2D eigenvalue weighted by molar-refractivity contribution is 5.76. The molecule has 1 aromatic rings. The lowest BCUT2D eigenvalue weighted by Gasteiger charge is -2.23. The van der Waals surface area contributed by atoms with Crippen molar-refractivity contribution in [2.24, 2.45) is 10.8 Å². The second-order valence-corrected chi connectivity index (χ2v) is 10.3. The summed E-state index contributed by atoms with van der Waals surface area (Å²) in [6, 6.07) is 8.84. The molecule has 0 aliphatic rings. The van der Waals surface area contributed by atoms with Gasteiger partial charge in [-0.1, -0.05) is 64.8 Å². The van der Waals surface area contributed by atoms with Crippen molar-refractivity contribution in [1.82, 2.24) is 0 Å². The summed E-state index contributed by atoms with van der Waals surface area (Å²) in [5.74, 6) is 0.587. The van der Waals surface area contributed by atoms with Crippen LogP contribution in [0.3, 0.4) is 0 Å². The Morgan fingerprint density at radius 2 is 1.04 bits per heavy atom. The third-order valence-corrected chi connectivity index (χ3v) is 5.67. The zero-order valence-electron chi connectivity index (χ0n) is 19.2. The number of benzene rings is 1. The Morgan fingerprint density at radius 1 is 0.679 bits per heavy atom. The molecule has 0 unspecified atom stereocenters. The molecule has 2 heteroatoms. The van der Waals surface area contributed by atoms with Crippen LogP contribution >= 0.6 is 0 Å². The molecule has 0 atom stereocenters. The second-order valence-electron chi connectivity index (χ2n) is 10.3. The zero-order chi connectivity index (χ0) is 21.2. The molecule has 0 radical (unpaired) electrons. The number of carbonyl (C=O) groups is 2. The third kappa shape index (κ3) is 10.8. The van der Waals surface area contributed by atoms with Gasteiger partial charge in [-0.05, 0) is 74.3 Å². The quantitative estimate of drug-likeness (QED) is 0.319. The van der Waals surface area contributed by atoms with Crippen LogP contribution in [-0.2, 0) is 22.4 Å². The van der Waals surface area contributed by atoms with Crippen molar-refractivity contribution < 1.29 is 9.59 Å². The molecular weight excluding hydrogens is 344 g/mol. The van der Waals surface area contributed by atoms with Gasteiger partial charge in [0.25, 0.3) is 0 Å². The van der Waals surface area contributed by atoms with Crippen molar-refractivity contribution >= 4 is 11.6 Å². The van der Waals surface area contributed by atoms with E-state index in [4.69, 9.17) is 0 Å². The first-order valence-corrected chi connectivity index (χ1v) is 11.1. The average Bonchev–Trinajstić information content (AvgIpc) is 2.54.